The maximum Gasteiger partial charge on any atom is 0.0865 e. The Morgan fingerprint density at radius 2 is 1.68 bits per heavy atom. The number of hydrogen-bond acceptors (Lipinski definition) is 1. The van der Waals surface area contributed by atoms with Crippen molar-refractivity contribution in [1.82, 2.24) is 0 Å². The zero-order valence-corrected chi connectivity index (χ0v) is 11.9. The minimum atomic E-state index is 0.0969. The quantitative estimate of drug-likeness (QED) is 0.716. The van der Waals surface area contributed by atoms with E-state index in [9.17, 15) is 0 Å². The first kappa shape index (κ1) is 14.1. The van der Waals surface area contributed by atoms with Crippen molar-refractivity contribution in [3.05, 3.63) is 70.7 Å². The Kier molecular flexibility index (Phi) is 5.44. The lowest BCUT2D eigenvalue weighted by atomic mass is 10.0. The monoisotopic (exact) mass is 274 g/mol. The van der Waals surface area contributed by atoms with E-state index in [1.165, 1.54) is 11.1 Å². The average Bonchev–Trinajstić information content (AvgIpc) is 2.45. The molecule has 0 aliphatic heterocycles. The van der Waals surface area contributed by atoms with Gasteiger partial charge in [0.15, 0.2) is 0 Å². The third kappa shape index (κ3) is 4.38. The highest BCUT2D eigenvalue weighted by Crippen LogP contribution is 2.24. The van der Waals surface area contributed by atoms with Gasteiger partial charge in [-0.15, -0.1) is 0 Å². The predicted molar refractivity (Wildman–Crippen MR) is 80.6 cm³/mol. The van der Waals surface area contributed by atoms with Gasteiger partial charge in [-0.25, -0.2) is 0 Å². The molecule has 100 valence electrons. The van der Waals surface area contributed by atoms with Crippen LogP contribution in [0.4, 0.5) is 0 Å². The smallest absolute Gasteiger partial charge is 0.0865 e. The third-order valence-corrected chi connectivity index (χ3v) is 3.28. The van der Waals surface area contributed by atoms with Gasteiger partial charge < -0.3 is 4.74 Å². The molecule has 0 saturated carbocycles. The summed E-state index contributed by atoms with van der Waals surface area (Å²) in [4.78, 5) is 0. The van der Waals surface area contributed by atoms with Crippen LogP contribution in [0.3, 0.4) is 0 Å². The minimum Gasteiger partial charge on any atom is -0.373 e. The molecule has 2 aromatic carbocycles. The van der Waals surface area contributed by atoms with E-state index in [1.54, 1.807) is 0 Å². The van der Waals surface area contributed by atoms with Gasteiger partial charge in [-0.2, -0.15) is 0 Å². The zero-order chi connectivity index (χ0) is 13.5. The lowest BCUT2D eigenvalue weighted by molar-refractivity contribution is 0.0533. The van der Waals surface area contributed by atoms with Crippen LogP contribution in [0.2, 0.25) is 5.02 Å². The van der Waals surface area contributed by atoms with Crippen LogP contribution in [0, 0.1) is 0 Å². The zero-order valence-electron chi connectivity index (χ0n) is 11.2. The third-order valence-electron chi connectivity index (χ3n) is 3.03. The fraction of sp³-hybridized carbons (Fsp3) is 0.294. The highest BCUT2D eigenvalue weighted by Gasteiger charge is 2.12. The second kappa shape index (κ2) is 7.32. The maximum absolute atomic E-state index is 5.98. The van der Waals surface area contributed by atoms with Crippen molar-refractivity contribution in [2.75, 3.05) is 6.61 Å². The second-order valence-electron chi connectivity index (χ2n) is 4.60. The molecule has 0 aromatic heterocycles. The largest absolute Gasteiger partial charge is 0.373 e. The summed E-state index contributed by atoms with van der Waals surface area (Å²) in [5.74, 6) is 0. The first-order valence-corrected chi connectivity index (χ1v) is 7.08. The van der Waals surface area contributed by atoms with Gasteiger partial charge in [0.1, 0.15) is 0 Å². The predicted octanol–water partition coefficient (Wildman–Crippen LogP) is 5.05. The van der Waals surface area contributed by atoms with Crippen LogP contribution in [0.5, 0.6) is 0 Å². The van der Waals surface area contributed by atoms with Gasteiger partial charge in [-0.1, -0.05) is 61.0 Å². The first-order valence-electron chi connectivity index (χ1n) is 6.70. The standard InChI is InChI=1S/C17H19ClO/c1-2-12-19-17(13-14-6-4-3-5-7-14)15-8-10-16(18)11-9-15/h3-11,17H,2,12-13H2,1H3. The summed E-state index contributed by atoms with van der Waals surface area (Å²) >= 11 is 5.94. The molecule has 0 N–H and O–H groups in total. The van der Waals surface area contributed by atoms with Gasteiger partial charge in [0.25, 0.3) is 0 Å². The van der Waals surface area contributed by atoms with E-state index in [1.807, 2.05) is 30.3 Å². The highest BCUT2D eigenvalue weighted by atomic mass is 35.5. The van der Waals surface area contributed by atoms with Crippen molar-refractivity contribution in [3.63, 3.8) is 0 Å². The molecule has 1 unspecified atom stereocenters. The molecule has 0 fully saturated rings. The summed E-state index contributed by atoms with van der Waals surface area (Å²) in [6, 6.07) is 18.4. The van der Waals surface area contributed by atoms with E-state index in [0.29, 0.717) is 0 Å². The molecule has 0 aliphatic carbocycles. The molecule has 2 aromatic rings. The van der Waals surface area contributed by atoms with Crippen molar-refractivity contribution in [2.24, 2.45) is 0 Å². The topological polar surface area (TPSA) is 9.23 Å². The molecular formula is C17H19ClO. The van der Waals surface area contributed by atoms with E-state index in [-0.39, 0.29) is 6.10 Å². The molecule has 1 atom stereocenters. The summed E-state index contributed by atoms with van der Waals surface area (Å²) in [7, 11) is 0. The summed E-state index contributed by atoms with van der Waals surface area (Å²) in [5.41, 5.74) is 2.47. The maximum atomic E-state index is 5.98. The van der Waals surface area contributed by atoms with Crippen LogP contribution in [-0.4, -0.2) is 6.61 Å². The fourth-order valence-electron chi connectivity index (χ4n) is 2.04. The summed E-state index contributed by atoms with van der Waals surface area (Å²) < 4.78 is 5.98. The average molecular weight is 275 g/mol. The Bertz CT molecular complexity index is 478. The molecule has 2 rings (SSSR count). The lowest BCUT2D eigenvalue weighted by Gasteiger charge is -2.18. The van der Waals surface area contributed by atoms with Crippen LogP contribution >= 0.6 is 11.6 Å². The SMILES string of the molecule is CCCOC(Cc1ccccc1)c1ccc(Cl)cc1. The van der Waals surface area contributed by atoms with Gasteiger partial charge in [-0.3, -0.25) is 0 Å². The number of rotatable bonds is 6. The molecule has 2 heteroatoms. The molecule has 19 heavy (non-hydrogen) atoms. The number of ether oxygens (including phenoxy) is 1. The Balaban J connectivity index is 2.13. The molecule has 0 aliphatic rings. The number of hydrogen-bond donors (Lipinski definition) is 0. The lowest BCUT2D eigenvalue weighted by Crippen LogP contribution is -2.08. The van der Waals surface area contributed by atoms with E-state index >= 15 is 0 Å². The Morgan fingerprint density at radius 3 is 2.32 bits per heavy atom. The van der Waals surface area contributed by atoms with E-state index in [0.717, 1.165) is 24.5 Å². The van der Waals surface area contributed by atoms with Crippen LogP contribution in [0.25, 0.3) is 0 Å². The molecule has 0 saturated heterocycles. The number of halogens is 1. The van der Waals surface area contributed by atoms with Crippen LogP contribution in [0.15, 0.2) is 54.6 Å². The first-order chi connectivity index (χ1) is 9.29. The van der Waals surface area contributed by atoms with Crippen molar-refractivity contribution in [2.45, 2.75) is 25.9 Å². The molecule has 0 bridgehead atoms. The fourth-order valence-corrected chi connectivity index (χ4v) is 2.16. The normalized spacial score (nSPS) is 12.3. The van der Waals surface area contributed by atoms with Crippen molar-refractivity contribution in [1.29, 1.82) is 0 Å². The van der Waals surface area contributed by atoms with E-state index in [2.05, 4.69) is 31.2 Å². The van der Waals surface area contributed by atoms with Crippen LogP contribution in [0.1, 0.15) is 30.6 Å². The summed E-state index contributed by atoms with van der Waals surface area (Å²) in [5, 5.41) is 0.762. The van der Waals surface area contributed by atoms with Gasteiger partial charge >= 0.3 is 0 Å². The molecule has 0 radical (unpaired) electrons. The van der Waals surface area contributed by atoms with Crippen molar-refractivity contribution >= 4 is 11.6 Å². The molecule has 1 nitrogen and oxygen atoms in total. The number of benzene rings is 2. The summed E-state index contributed by atoms with van der Waals surface area (Å²) in [6.07, 6.45) is 2.01. The minimum absolute atomic E-state index is 0.0969. The van der Waals surface area contributed by atoms with E-state index in [4.69, 9.17) is 16.3 Å². The van der Waals surface area contributed by atoms with E-state index < -0.39 is 0 Å². The van der Waals surface area contributed by atoms with Gasteiger partial charge in [0.05, 0.1) is 6.10 Å². The molecule has 0 heterocycles. The molecule has 0 amide bonds. The summed E-state index contributed by atoms with van der Waals surface area (Å²) in [6.45, 7) is 2.90. The Morgan fingerprint density at radius 1 is 1.00 bits per heavy atom. The van der Waals surface area contributed by atoms with Crippen LogP contribution in [-0.2, 0) is 11.2 Å². The van der Waals surface area contributed by atoms with Gasteiger partial charge in [0, 0.05) is 18.1 Å². The van der Waals surface area contributed by atoms with Crippen molar-refractivity contribution < 1.29 is 4.74 Å². The molecular weight excluding hydrogens is 256 g/mol. The second-order valence-corrected chi connectivity index (χ2v) is 5.04. The Labute approximate surface area is 120 Å². The van der Waals surface area contributed by atoms with Crippen LogP contribution < -0.4 is 0 Å². The van der Waals surface area contributed by atoms with Gasteiger partial charge in [-0.05, 0) is 29.7 Å². The highest BCUT2D eigenvalue weighted by molar-refractivity contribution is 6.30. The molecule has 0 spiro atoms. The Hall–Kier alpha value is -1.31. The van der Waals surface area contributed by atoms with Gasteiger partial charge in [0.2, 0.25) is 0 Å². The van der Waals surface area contributed by atoms with Crippen molar-refractivity contribution in [3.8, 4) is 0 Å².